The number of nitrogens with one attached hydrogen (secondary N) is 2. The first-order valence-electron chi connectivity index (χ1n) is 15.1. The van der Waals surface area contributed by atoms with E-state index in [4.69, 9.17) is 9.47 Å². The topological polar surface area (TPSA) is 114 Å². The molecule has 0 unspecified atom stereocenters. The molecule has 4 aromatic rings. The molecule has 0 saturated carbocycles. The number of esters is 2. The molecule has 0 bridgehead atoms. The van der Waals surface area contributed by atoms with Crippen LogP contribution in [-0.4, -0.2) is 60.9 Å². The predicted octanol–water partition coefficient (Wildman–Crippen LogP) is 3.86. The average molecular weight is 622 g/mol. The number of nitrogens with zero attached hydrogens (tertiary/aromatic N) is 1. The Hall–Kier alpha value is -5.28. The van der Waals surface area contributed by atoms with Crippen molar-refractivity contribution in [2.24, 2.45) is 0 Å². The van der Waals surface area contributed by atoms with Gasteiger partial charge in [0.1, 0.15) is 25.3 Å². The summed E-state index contributed by atoms with van der Waals surface area (Å²) >= 11 is 0. The Morgan fingerprint density at radius 3 is 1.15 bits per heavy atom. The Morgan fingerprint density at radius 1 is 0.522 bits per heavy atom. The highest BCUT2D eigenvalue weighted by Crippen LogP contribution is 2.09. The fourth-order valence-electron chi connectivity index (χ4n) is 4.77. The molecule has 0 fully saturated rings. The van der Waals surface area contributed by atoms with Crippen LogP contribution in [-0.2, 0) is 54.7 Å². The van der Waals surface area contributed by atoms with Crippen molar-refractivity contribution in [3.63, 3.8) is 0 Å². The van der Waals surface area contributed by atoms with Crippen LogP contribution in [0, 0.1) is 0 Å². The lowest BCUT2D eigenvalue weighted by Crippen LogP contribution is -2.50. The van der Waals surface area contributed by atoms with Crippen LogP contribution in [0.15, 0.2) is 121 Å². The molecule has 4 aromatic carbocycles. The second-order valence-corrected chi connectivity index (χ2v) is 11.0. The maximum Gasteiger partial charge on any atom is 0.329 e. The first-order chi connectivity index (χ1) is 22.4. The molecule has 0 aromatic heterocycles. The van der Waals surface area contributed by atoms with Crippen molar-refractivity contribution in [1.82, 2.24) is 15.5 Å². The van der Waals surface area contributed by atoms with Crippen molar-refractivity contribution in [2.45, 2.75) is 38.1 Å². The van der Waals surface area contributed by atoms with Gasteiger partial charge in [-0.15, -0.1) is 0 Å². The largest absolute Gasteiger partial charge is 0.459 e. The molecule has 2 atom stereocenters. The molecule has 2 amide bonds. The van der Waals surface area contributed by atoms with Crippen LogP contribution in [0.3, 0.4) is 0 Å². The number of rotatable bonds is 16. The molecule has 2 N–H and O–H groups in total. The third-order valence-corrected chi connectivity index (χ3v) is 7.08. The number of benzene rings is 4. The zero-order valence-electron chi connectivity index (χ0n) is 25.8. The minimum absolute atomic E-state index is 0.0822. The van der Waals surface area contributed by atoms with Crippen LogP contribution in [0.2, 0.25) is 0 Å². The molecule has 4 rings (SSSR count). The van der Waals surface area contributed by atoms with Gasteiger partial charge in [-0.2, -0.15) is 0 Å². The fraction of sp³-hybridized carbons (Fsp3) is 0.243. The lowest BCUT2D eigenvalue weighted by molar-refractivity contribution is -0.149. The van der Waals surface area contributed by atoms with Crippen molar-refractivity contribution in [2.75, 3.05) is 20.1 Å². The Kier molecular flexibility index (Phi) is 13.1. The Morgan fingerprint density at radius 2 is 0.826 bits per heavy atom. The van der Waals surface area contributed by atoms with Gasteiger partial charge in [0.2, 0.25) is 11.8 Å². The van der Waals surface area contributed by atoms with E-state index in [0.717, 1.165) is 22.3 Å². The standard InChI is InChI=1S/C37H39N3O6/c1-40(24-34(41)38-32(22-28-14-6-2-7-15-28)36(43)45-26-30-18-10-4-11-19-30)25-35(42)39-33(23-29-16-8-3-9-17-29)37(44)46-27-31-20-12-5-13-21-31/h2-21,32-33H,22-27H2,1H3,(H,38,41)(H,39,42)/t32-,33-/m0/s1. The van der Waals surface area contributed by atoms with Gasteiger partial charge >= 0.3 is 11.9 Å². The Balaban J connectivity index is 1.32. The molecule has 0 spiro atoms. The highest BCUT2D eigenvalue weighted by Gasteiger charge is 2.26. The quantitative estimate of drug-likeness (QED) is 0.183. The minimum Gasteiger partial charge on any atom is -0.459 e. The smallest absolute Gasteiger partial charge is 0.329 e. The molecule has 9 heteroatoms. The fourth-order valence-corrected chi connectivity index (χ4v) is 4.77. The van der Waals surface area contributed by atoms with E-state index in [1.165, 1.54) is 4.90 Å². The SMILES string of the molecule is CN(CC(=O)N[C@@H](Cc1ccccc1)C(=O)OCc1ccccc1)CC(=O)N[C@@H](Cc1ccccc1)C(=O)OCc1ccccc1. The first-order valence-corrected chi connectivity index (χ1v) is 15.1. The van der Waals surface area contributed by atoms with Gasteiger partial charge in [0.25, 0.3) is 0 Å². The van der Waals surface area contributed by atoms with E-state index in [1.54, 1.807) is 7.05 Å². The van der Waals surface area contributed by atoms with Crippen molar-refractivity contribution in [3.05, 3.63) is 144 Å². The van der Waals surface area contributed by atoms with Gasteiger partial charge in [-0.3, -0.25) is 14.5 Å². The van der Waals surface area contributed by atoms with Gasteiger partial charge in [-0.1, -0.05) is 121 Å². The van der Waals surface area contributed by atoms with Crippen LogP contribution >= 0.6 is 0 Å². The molecular formula is C37H39N3O6. The van der Waals surface area contributed by atoms with Gasteiger partial charge in [0.05, 0.1) is 13.1 Å². The average Bonchev–Trinajstić information content (AvgIpc) is 3.07. The van der Waals surface area contributed by atoms with Crippen LogP contribution < -0.4 is 10.6 Å². The number of ether oxygens (including phenoxy) is 2. The van der Waals surface area contributed by atoms with E-state index in [1.807, 2.05) is 121 Å². The predicted molar refractivity (Wildman–Crippen MR) is 174 cm³/mol. The highest BCUT2D eigenvalue weighted by atomic mass is 16.5. The summed E-state index contributed by atoms with van der Waals surface area (Å²) in [6.45, 7) is -0.156. The van der Waals surface area contributed by atoms with E-state index >= 15 is 0 Å². The van der Waals surface area contributed by atoms with Gasteiger partial charge in [-0.25, -0.2) is 9.59 Å². The summed E-state index contributed by atoms with van der Waals surface area (Å²) in [5.74, 6) is -2.01. The zero-order chi connectivity index (χ0) is 32.6. The third-order valence-electron chi connectivity index (χ3n) is 7.08. The molecular weight excluding hydrogens is 582 g/mol. The van der Waals surface area contributed by atoms with Gasteiger partial charge in [0, 0.05) is 12.8 Å². The third kappa shape index (κ3) is 11.7. The number of carbonyl (C=O) groups is 4. The number of carbonyl (C=O) groups excluding carboxylic acids is 4. The molecule has 238 valence electrons. The monoisotopic (exact) mass is 621 g/mol. The Labute approximate surface area is 269 Å². The number of hydrogen-bond donors (Lipinski definition) is 2. The van der Waals surface area contributed by atoms with E-state index in [-0.39, 0.29) is 39.1 Å². The minimum atomic E-state index is -0.921. The summed E-state index contributed by atoms with van der Waals surface area (Å²) in [6, 6.07) is 35.4. The number of amides is 2. The molecule has 0 radical (unpaired) electrons. The number of likely N-dealkylation sites (N-methyl/N-ethyl adjacent to an activating group) is 1. The normalized spacial score (nSPS) is 12.0. The molecule has 0 heterocycles. The zero-order valence-corrected chi connectivity index (χ0v) is 25.8. The van der Waals surface area contributed by atoms with E-state index in [2.05, 4.69) is 10.6 Å². The summed E-state index contributed by atoms with van der Waals surface area (Å²) in [7, 11) is 1.61. The van der Waals surface area contributed by atoms with Gasteiger partial charge < -0.3 is 20.1 Å². The maximum atomic E-state index is 13.0. The molecule has 0 aliphatic carbocycles. The van der Waals surface area contributed by atoms with Crippen LogP contribution in [0.5, 0.6) is 0 Å². The second kappa shape index (κ2) is 17.9. The summed E-state index contributed by atoms with van der Waals surface area (Å²) < 4.78 is 11.0. The van der Waals surface area contributed by atoms with Crippen molar-refractivity contribution in [1.29, 1.82) is 0 Å². The molecule has 0 aliphatic heterocycles. The van der Waals surface area contributed by atoms with E-state index < -0.39 is 35.8 Å². The second-order valence-electron chi connectivity index (χ2n) is 11.0. The van der Waals surface area contributed by atoms with Crippen molar-refractivity contribution < 1.29 is 28.7 Å². The molecule has 0 aliphatic rings. The van der Waals surface area contributed by atoms with Crippen LogP contribution in [0.4, 0.5) is 0 Å². The first kappa shape index (κ1) is 33.6. The van der Waals surface area contributed by atoms with E-state index in [0.29, 0.717) is 0 Å². The summed E-state index contributed by atoms with van der Waals surface area (Å²) in [4.78, 5) is 53.7. The number of hydrogen-bond acceptors (Lipinski definition) is 7. The van der Waals surface area contributed by atoms with Crippen molar-refractivity contribution in [3.8, 4) is 0 Å². The van der Waals surface area contributed by atoms with Gasteiger partial charge in [0.15, 0.2) is 0 Å². The molecule has 9 nitrogen and oxygen atoms in total. The van der Waals surface area contributed by atoms with Crippen molar-refractivity contribution >= 4 is 23.8 Å². The van der Waals surface area contributed by atoms with Crippen LogP contribution in [0.1, 0.15) is 22.3 Å². The molecule has 46 heavy (non-hydrogen) atoms. The van der Waals surface area contributed by atoms with Gasteiger partial charge in [-0.05, 0) is 29.3 Å². The maximum absolute atomic E-state index is 13.0. The lowest BCUT2D eigenvalue weighted by atomic mass is 10.1. The highest BCUT2D eigenvalue weighted by molar-refractivity contribution is 5.87. The summed E-state index contributed by atoms with van der Waals surface area (Å²) in [6.07, 6.45) is 0.493. The lowest BCUT2D eigenvalue weighted by Gasteiger charge is -2.22. The van der Waals surface area contributed by atoms with Crippen LogP contribution in [0.25, 0.3) is 0 Å². The summed E-state index contributed by atoms with van der Waals surface area (Å²) in [5, 5.41) is 5.54. The van der Waals surface area contributed by atoms with E-state index in [9.17, 15) is 19.2 Å². The Bertz CT molecular complexity index is 1420. The molecule has 0 saturated heterocycles. The summed E-state index contributed by atoms with van der Waals surface area (Å²) in [5.41, 5.74) is 3.39.